The maximum absolute atomic E-state index is 5.46. The average Bonchev–Trinajstić information content (AvgIpc) is 4.08. The van der Waals surface area contributed by atoms with Crippen molar-refractivity contribution in [3.8, 4) is 34.4 Å². The van der Waals surface area contributed by atoms with Crippen molar-refractivity contribution < 1.29 is 0 Å². The van der Waals surface area contributed by atoms with Crippen molar-refractivity contribution in [1.29, 1.82) is 0 Å². The standard InChI is InChI=1S/C55H31N5S2/c1-2-14-33-30-47-42(29-32(33)13-1)37-17-5-8-20-43(37)59(47)46-28-27-41(52-51(46)40-19-7-12-24-49(40)62-52)54-56-53(34-25-26-39-38-18-6-11-23-48(38)61-50(39)31-34)57-55(58-54)60-44-21-9-3-15-35(44)36-16-4-10-22-45(36)60/h1-31H. The normalized spacial score (nSPS) is 12.2. The summed E-state index contributed by atoms with van der Waals surface area (Å²) >= 11 is 3.61. The van der Waals surface area contributed by atoms with E-state index in [9.17, 15) is 0 Å². The summed E-state index contributed by atoms with van der Waals surface area (Å²) < 4.78 is 9.50. The van der Waals surface area contributed by atoms with E-state index in [0.717, 1.165) is 43.3 Å². The van der Waals surface area contributed by atoms with Crippen LogP contribution >= 0.6 is 22.7 Å². The zero-order valence-corrected chi connectivity index (χ0v) is 34.6. The van der Waals surface area contributed by atoms with E-state index in [1.807, 2.05) is 0 Å². The molecule has 0 bridgehead atoms. The van der Waals surface area contributed by atoms with Crippen molar-refractivity contribution in [2.24, 2.45) is 0 Å². The molecule has 9 aromatic carbocycles. The summed E-state index contributed by atoms with van der Waals surface area (Å²) in [4.78, 5) is 16.2. The minimum atomic E-state index is 0.589. The third-order valence-corrected chi connectivity index (χ3v) is 14.9. The lowest BCUT2D eigenvalue weighted by atomic mass is 10.1. The molecule has 5 aromatic heterocycles. The Morgan fingerprint density at radius 1 is 0.355 bits per heavy atom. The Bertz CT molecular complexity index is 4130. The van der Waals surface area contributed by atoms with Gasteiger partial charge in [0.2, 0.25) is 5.95 Å². The molecule has 0 amide bonds. The van der Waals surface area contributed by atoms with Gasteiger partial charge >= 0.3 is 0 Å². The Kier molecular flexibility index (Phi) is 7.08. The molecule has 5 nitrogen and oxygen atoms in total. The highest BCUT2D eigenvalue weighted by Crippen LogP contribution is 2.46. The Labute approximate surface area is 362 Å². The molecular formula is C55H31N5S2. The van der Waals surface area contributed by atoms with Crippen molar-refractivity contribution in [3.63, 3.8) is 0 Å². The molecule has 0 unspecified atom stereocenters. The monoisotopic (exact) mass is 825 g/mol. The van der Waals surface area contributed by atoms with Gasteiger partial charge in [-0.1, -0.05) is 127 Å². The predicted molar refractivity (Wildman–Crippen MR) is 263 cm³/mol. The molecule has 0 saturated heterocycles. The van der Waals surface area contributed by atoms with Crippen molar-refractivity contribution in [1.82, 2.24) is 24.1 Å². The van der Waals surface area contributed by atoms with Crippen LogP contribution in [0.5, 0.6) is 0 Å². The summed E-state index contributed by atoms with van der Waals surface area (Å²) in [5.41, 5.74) is 7.53. The molecule has 288 valence electrons. The number of hydrogen-bond donors (Lipinski definition) is 0. The Balaban J connectivity index is 1.07. The number of rotatable bonds is 4. The number of nitrogens with zero attached hydrogens (tertiary/aromatic N) is 5. The smallest absolute Gasteiger partial charge is 0.238 e. The molecule has 0 N–H and O–H groups in total. The maximum atomic E-state index is 5.46. The van der Waals surface area contributed by atoms with Gasteiger partial charge in [-0.3, -0.25) is 4.57 Å². The first-order valence-corrected chi connectivity index (χ1v) is 22.4. The molecule has 0 atom stereocenters. The van der Waals surface area contributed by atoms with Crippen LogP contribution in [0.3, 0.4) is 0 Å². The summed E-state index contributed by atoms with van der Waals surface area (Å²) in [5.74, 6) is 1.87. The van der Waals surface area contributed by atoms with E-state index >= 15 is 0 Å². The van der Waals surface area contributed by atoms with Gasteiger partial charge < -0.3 is 4.57 Å². The van der Waals surface area contributed by atoms with E-state index in [-0.39, 0.29) is 0 Å². The van der Waals surface area contributed by atoms with Gasteiger partial charge in [0, 0.05) is 73.0 Å². The largest absolute Gasteiger partial charge is 0.309 e. The van der Waals surface area contributed by atoms with Gasteiger partial charge in [-0.25, -0.2) is 4.98 Å². The minimum absolute atomic E-state index is 0.589. The van der Waals surface area contributed by atoms with Gasteiger partial charge in [-0.2, -0.15) is 9.97 Å². The second kappa shape index (κ2) is 12.9. The number of benzene rings is 9. The molecule has 0 fully saturated rings. The average molecular weight is 826 g/mol. The van der Waals surface area contributed by atoms with Crippen LogP contribution in [-0.2, 0) is 0 Å². The van der Waals surface area contributed by atoms with E-state index in [1.54, 1.807) is 22.7 Å². The van der Waals surface area contributed by atoms with Crippen LogP contribution in [0.1, 0.15) is 0 Å². The highest BCUT2D eigenvalue weighted by Gasteiger charge is 2.23. The molecule has 62 heavy (non-hydrogen) atoms. The molecule has 7 heteroatoms. The first-order valence-electron chi connectivity index (χ1n) is 20.8. The SMILES string of the molecule is c1ccc2cc3c(cc2c1)c1ccccc1n3-c1ccc(-c2nc(-c3ccc4c(c3)sc3ccccc34)nc(-n3c4ccccc4c4ccccc43)n2)c2sc3ccccc3c12. The summed E-state index contributed by atoms with van der Waals surface area (Å²) in [6.07, 6.45) is 0. The zero-order valence-electron chi connectivity index (χ0n) is 33.0. The fourth-order valence-electron chi connectivity index (χ4n) is 9.81. The number of aromatic nitrogens is 5. The van der Waals surface area contributed by atoms with Gasteiger partial charge in [-0.15, -0.1) is 22.7 Å². The second-order valence-corrected chi connectivity index (χ2v) is 18.1. The Morgan fingerprint density at radius 3 is 1.66 bits per heavy atom. The molecule has 0 spiro atoms. The van der Waals surface area contributed by atoms with Crippen molar-refractivity contribution >= 4 is 117 Å². The Hall–Kier alpha value is -7.71. The highest BCUT2D eigenvalue weighted by atomic mass is 32.1. The summed E-state index contributed by atoms with van der Waals surface area (Å²) in [6, 6.07) is 67.8. The quantitative estimate of drug-likeness (QED) is 0.178. The third-order valence-electron chi connectivity index (χ3n) is 12.6. The van der Waals surface area contributed by atoms with E-state index in [1.165, 1.54) is 68.2 Å². The number of hydrogen-bond acceptors (Lipinski definition) is 5. The zero-order chi connectivity index (χ0) is 40.5. The molecule has 0 aliphatic rings. The summed E-state index contributed by atoms with van der Waals surface area (Å²) in [6.45, 7) is 0. The fraction of sp³-hybridized carbons (Fsp3) is 0. The highest BCUT2D eigenvalue weighted by molar-refractivity contribution is 7.26. The fourth-order valence-corrected chi connectivity index (χ4v) is 12.2. The van der Waals surface area contributed by atoms with Gasteiger partial charge in [0.1, 0.15) is 0 Å². The lowest BCUT2D eigenvalue weighted by Gasteiger charge is -2.14. The number of thiophene rings is 2. The van der Waals surface area contributed by atoms with Crippen LogP contribution in [0.25, 0.3) is 129 Å². The van der Waals surface area contributed by atoms with Crippen LogP contribution in [0.4, 0.5) is 0 Å². The van der Waals surface area contributed by atoms with Gasteiger partial charge in [0.05, 0.1) is 27.8 Å². The summed E-state index contributed by atoms with van der Waals surface area (Å²) in [7, 11) is 0. The van der Waals surface area contributed by atoms with Gasteiger partial charge in [0.25, 0.3) is 0 Å². The molecule has 0 saturated carbocycles. The molecule has 14 aromatic rings. The van der Waals surface area contributed by atoms with Crippen molar-refractivity contribution in [2.45, 2.75) is 0 Å². The van der Waals surface area contributed by atoms with E-state index in [0.29, 0.717) is 17.6 Å². The van der Waals surface area contributed by atoms with Gasteiger partial charge in [-0.05, 0) is 71.4 Å². The van der Waals surface area contributed by atoms with Crippen molar-refractivity contribution in [2.75, 3.05) is 0 Å². The van der Waals surface area contributed by atoms with Crippen LogP contribution < -0.4 is 0 Å². The molecule has 14 rings (SSSR count). The number of fused-ring (bicyclic) bond motifs is 13. The first kappa shape index (κ1) is 34.0. The first-order chi connectivity index (χ1) is 30.7. The molecule has 0 aliphatic carbocycles. The molecule has 5 heterocycles. The topological polar surface area (TPSA) is 48.5 Å². The molecule has 0 aliphatic heterocycles. The van der Waals surface area contributed by atoms with Crippen LogP contribution in [0.2, 0.25) is 0 Å². The van der Waals surface area contributed by atoms with Crippen LogP contribution in [0.15, 0.2) is 188 Å². The molecule has 0 radical (unpaired) electrons. The predicted octanol–water partition coefficient (Wildman–Crippen LogP) is 15.3. The minimum Gasteiger partial charge on any atom is -0.309 e. The van der Waals surface area contributed by atoms with E-state index in [2.05, 4.69) is 197 Å². The second-order valence-electron chi connectivity index (χ2n) is 16.0. The van der Waals surface area contributed by atoms with Crippen molar-refractivity contribution in [3.05, 3.63) is 188 Å². The Morgan fingerprint density at radius 2 is 0.919 bits per heavy atom. The maximum Gasteiger partial charge on any atom is 0.238 e. The van der Waals surface area contributed by atoms with E-state index in [4.69, 9.17) is 15.0 Å². The van der Waals surface area contributed by atoms with E-state index < -0.39 is 0 Å². The molecular weight excluding hydrogens is 795 g/mol. The van der Waals surface area contributed by atoms with Crippen LogP contribution in [-0.4, -0.2) is 24.1 Å². The number of para-hydroxylation sites is 3. The van der Waals surface area contributed by atoms with Crippen LogP contribution in [0, 0.1) is 0 Å². The third kappa shape index (κ3) is 4.86. The summed E-state index contributed by atoms with van der Waals surface area (Å²) in [5, 5.41) is 12.2. The lowest BCUT2D eigenvalue weighted by molar-refractivity contribution is 0.954. The van der Waals surface area contributed by atoms with Gasteiger partial charge in [0.15, 0.2) is 11.6 Å². The lowest BCUT2D eigenvalue weighted by Crippen LogP contribution is -2.06.